The zero-order chi connectivity index (χ0) is 15.5. The highest BCUT2D eigenvalue weighted by atomic mass is 16.5. The number of hydrogen-bond acceptors (Lipinski definition) is 4. The molecule has 0 fully saturated rings. The van der Waals surface area contributed by atoms with Gasteiger partial charge in [-0.2, -0.15) is 0 Å². The molecule has 0 amide bonds. The molecule has 0 aliphatic heterocycles. The third kappa shape index (κ3) is 6.75. The summed E-state index contributed by atoms with van der Waals surface area (Å²) < 4.78 is 9.40. The first-order chi connectivity index (χ1) is 10.2. The van der Waals surface area contributed by atoms with Crippen LogP contribution in [0.25, 0.3) is 0 Å². The third-order valence-electron chi connectivity index (χ3n) is 3.14. The summed E-state index contributed by atoms with van der Waals surface area (Å²) in [6.45, 7) is 0. The van der Waals surface area contributed by atoms with Crippen molar-refractivity contribution < 1.29 is 19.1 Å². The van der Waals surface area contributed by atoms with E-state index in [9.17, 15) is 9.59 Å². The van der Waals surface area contributed by atoms with E-state index in [1.165, 1.54) is 14.2 Å². The van der Waals surface area contributed by atoms with Crippen molar-refractivity contribution in [2.24, 2.45) is 0 Å². The van der Waals surface area contributed by atoms with Gasteiger partial charge in [-0.1, -0.05) is 36.4 Å². The van der Waals surface area contributed by atoms with Crippen LogP contribution >= 0.6 is 0 Å². The first-order valence-corrected chi connectivity index (χ1v) is 7.05. The van der Waals surface area contributed by atoms with Crippen molar-refractivity contribution in [3.63, 3.8) is 0 Å². The summed E-state index contributed by atoms with van der Waals surface area (Å²) in [5.41, 5.74) is 1.73. The van der Waals surface area contributed by atoms with Crippen LogP contribution in [0.5, 0.6) is 0 Å². The summed E-state index contributed by atoms with van der Waals surface area (Å²) in [5.74, 6) is -0.497. The molecule has 0 radical (unpaired) electrons. The lowest BCUT2D eigenvalue weighted by molar-refractivity contribution is -0.140. The topological polar surface area (TPSA) is 52.6 Å². The van der Waals surface area contributed by atoms with Gasteiger partial charge in [-0.25, -0.2) is 4.79 Å². The molecule has 0 bridgehead atoms. The summed E-state index contributed by atoms with van der Waals surface area (Å²) in [4.78, 5) is 22.8. The molecule has 0 aliphatic rings. The Morgan fingerprint density at radius 1 is 1.05 bits per heavy atom. The van der Waals surface area contributed by atoms with Crippen LogP contribution in [0.1, 0.15) is 31.2 Å². The van der Waals surface area contributed by atoms with Gasteiger partial charge in [0.2, 0.25) is 0 Å². The lowest BCUT2D eigenvalue weighted by atomic mass is 10.0. The van der Waals surface area contributed by atoms with Crippen molar-refractivity contribution in [1.29, 1.82) is 0 Å². The number of esters is 2. The van der Waals surface area contributed by atoms with Crippen molar-refractivity contribution in [3.05, 3.63) is 47.5 Å². The Morgan fingerprint density at radius 3 is 2.38 bits per heavy atom. The van der Waals surface area contributed by atoms with Crippen molar-refractivity contribution in [2.45, 2.75) is 32.1 Å². The van der Waals surface area contributed by atoms with E-state index >= 15 is 0 Å². The maximum Gasteiger partial charge on any atom is 0.333 e. The summed E-state index contributed by atoms with van der Waals surface area (Å²) in [7, 11) is 2.77. The number of carbonyl (C=O) groups is 2. The Balaban J connectivity index is 2.51. The van der Waals surface area contributed by atoms with E-state index in [-0.39, 0.29) is 11.9 Å². The number of benzene rings is 1. The highest BCUT2D eigenvalue weighted by Crippen LogP contribution is 2.12. The monoisotopic (exact) mass is 290 g/mol. The molecule has 1 aromatic rings. The van der Waals surface area contributed by atoms with E-state index in [2.05, 4.69) is 4.74 Å². The maximum atomic E-state index is 11.8. The Morgan fingerprint density at radius 2 is 1.76 bits per heavy atom. The molecular formula is C17H22O4. The van der Waals surface area contributed by atoms with Gasteiger partial charge in [-0.15, -0.1) is 0 Å². The van der Waals surface area contributed by atoms with Crippen LogP contribution in [0.4, 0.5) is 0 Å². The molecule has 1 aromatic carbocycles. The van der Waals surface area contributed by atoms with Gasteiger partial charge < -0.3 is 9.47 Å². The van der Waals surface area contributed by atoms with E-state index < -0.39 is 0 Å². The number of rotatable bonds is 8. The molecule has 114 valence electrons. The van der Waals surface area contributed by atoms with E-state index in [4.69, 9.17) is 4.74 Å². The molecule has 0 heterocycles. The van der Waals surface area contributed by atoms with Crippen molar-refractivity contribution in [3.8, 4) is 0 Å². The standard InChI is InChI=1S/C17H22O4/c1-20-16(18)12-8-4-7-11-15(17(19)21-2)13-14-9-5-3-6-10-14/h3,5-6,9-11H,4,7-8,12-13H2,1-2H3/b15-11+. The van der Waals surface area contributed by atoms with E-state index in [0.29, 0.717) is 18.4 Å². The van der Waals surface area contributed by atoms with Gasteiger partial charge in [0.25, 0.3) is 0 Å². The number of methoxy groups -OCH3 is 2. The lowest BCUT2D eigenvalue weighted by Gasteiger charge is -2.06. The van der Waals surface area contributed by atoms with Gasteiger partial charge in [0, 0.05) is 18.4 Å². The smallest absolute Gasteiger partial charge is 0.333 e. The fraction of sp³-hybridized carbons (Fsp3) is 0.412. The van der Waals surface area contributed by atoms with Crippen LogP contribution < -0.4 is 0 Å². The molecule has 0 saturated carbocycles. The molecule has 0 saturated heterocycles. The highest BCUT2D eigenvalue weighted by Gasteiger charge is 2.10. The van der Waals surface area contributed by atoms with Gasteiger partial charge in [0.05, 0.1) is 14.2 Å². The Labute approximate surface area is 125 Å². The SMILES string of the molecule is COC(=O)CCCC/C=C(\Cc1ccccc1)C(=O)OC. The maximum absolute atomic E-state index is 11.8. The van der Waals surface area contributed by atoms with Crippen molar-refractivity contribution in [1.82, 2.24) is 0 Å². The molecule has 4 heteroatoms. The summed E-state index contributed by atoms with van der Waals surface area (Å²) >= 11 is 0. The summed E-state index contributed by atoms with van der Waals surface area (Å²) in [6, 6.07) is 9.79. The molecular weight excluding hydrogens is 268 g/mol. The molecule has 0 atom stereocenters. The quantitative estimate of drug-likeness (QED) is 0.419. The van der Waals surface area contributed by atoms with E-state index in [1.807, 2.05) is 36.4 Å². The Bertz CT molecular complexity index is 477. The Hall–Kier alpha value is -2.10. The average molecular weight is 290 g/mol. The van der Waals surface area contributed by atoms with Crippen LogP contribution in [0.3, 0.4) is 0 Å². The minimum Gasteiger partial charge on any atom is -0.469 e. The minimum absolute atomic E-state index is 0.198. The van der Waals surface area contributed by atoms with E-state index in [0.717, 1.165) is 24.8 Å². The number of hydrogen-bond donors (Lipinski definition) is 0. The molecule has 4 nitrogen and oxygen atoms in total. The van der Waals surface area contributed by atoms with Crippen molar-refractivity contribution >= 4 is 11.9 Å². The predicted octanol–water partition coefficient (Wildman–Crippen LogP) is 3.06. The van der Waals surface area contributed by atoms with Crippen LogP contribution in [0.2, 0.25) is 0 Å². The largest absolute Gasteiger partial charge is 0.469 e. The van der Waals surface area contributed by atoms with E-state index in [1.54, 1.807) is 0 Å². The second-order valence-electron chi connectivity index (χ2n) is 4.71. The van der Waals surface area contributed by atoms with Crippen molar-refractivity contribution in [2.75, 3.05) is 14.2 Å². The van der Waals surface area contributed by atoms with Gasteiger partial charge >= 0.3 is 11.9 Å². The number of carbonyl (C=O) groups excluding carboxylic acids is 2. The fourth-order valence-corrected chi connectivity index (χ4v) is 1.97. The van der Waals surface area contributed by atoms with Crippen LogP contribution in [0, 0.1) is 0 Å². The minimum atomic E-state index is -0.299. The first kappa shape index (κ1) is 17.0. The fourth-order valence-electron chi connectivity index (χ4n) is 1.97. The Kier molecular flexibility index (Phi) is 7.87. The number of unbranched alkanes of at least 4 members (excludes halogenated alkanes) is 2. The second kappa shape index (κ2) is 9.75. The number of allylic oxidation sites excluding steroid dienone is 1. The second-order valence-corrected chi connectivity index (χ2v) is 4.71. The molecule has 0 aliphatic carbocycles. The zero-order valence-corrected chi connectivity index (χ0v) is 12.6. The lowest BCUT2D eigenvalue weighted by Crippen LogP contribution is -2.07. The number of ether oxygens (including phenoxy) is 2. The van der Waals surface area contributed by atoms with Gasteiger partial charge in [-0.3, -0.25) is 4.79 Å². The van der Waals surface area contributed by atoms with Crippen LogP contribution in [0.15, 0.2) is 42.0 Å². The first-order valence-electron chi connectivity index (χ1n) is 7.05. The zero-order valence-electron chi connectivity index (χ0n) is 12.6. The average Bonchev–Trinajstić information content (AvgIpc) is 2.53. The summed E-state index contributed by atoms with van der Waals surface area (Å²) in [6.07, 6.45) is 5.21. The molecule has 21 heavy (non-hydrogen) atoms. The molecule has 0 spiro atoms. The normalized spacial score (nSPS) is 11.0. The van der Waals surface area contributed by atoms with Gasteiger partial charge in [-0.05, 0) is 24.8 Å². The molecule has 0 N–H and O–H groups in total. The predicted molar refractivity (Wildman–Crippen MR) is 80.7 cm³/mol. The molecule has 1 rings (SSSR count). The van der Waals surface area contributed by atoms with Crippen LogP contribution in [-0.2, 0) is 25.5 Å². The van der Waals surface area contributed by atoms with Gasteiger partial charge in [0.1, 0.15) is 0 Å². The van der Waals surface area contributed by atoms with Crippen LogP contribution in [-0.4, -0.2) is 26.2 Å². The van der Waals surface area contributed by atoms with Gasteiger partial charge in [0.15, 0.2) is 0 Å². The molecule has 0 aromatic heterocycles. The highest BCUT2D eigenvalue weighted by molar-refractivity contribution is 5.88. The third-order valence-corrected chi connectivity index (χ3v) is 3.14. The summed E-state index contributed by atoms with van der Waals surface area (Å²) in [5, 5.41) is 0. The molecule has 0 unspecified atom stereocenters.